The summed E-state index contributed by atoms with van der Waals surface area (Å²) < 4.78 is 80.2. The number of halogens is 8. The number of carboxylic acid groups (broad SMARTS) is 1. The van der Waals surface area contributed by atoms with Crippen LogP contribution in [0.5, 0.6) is 0 Å². The molecule has 0 unspecified atom stereocenters. The average Bonchev–Trinajstić information content (AvgIpc) is 2.91. The van der Waals surface area contributed by atoms with Crippen LogP contribution in [0.1, 0.15) is 43.3 Å². The number of rotatable bonds is 5. The van der Waals surface area contributed by atoms with Crippen LogP contribution in [-0.2, 0) is 6.56 Å². The highest BCUT2D eigenvalue weighted by Crippen LogP contribution is 2.19. The van der Waals surface area contributed by atoms with Crippen LogP contribution < -0.4 is 5.73 Å². The predicted octanol–water partition coefficient (Wildman–Crippen LogP) is 8.35. The molecule has 0 heterocycles. The van der Waals surface area contributed by atoms with Gasteiger partial charge in [0.05, 0.1) is 28.9 Å². The summed E-state index contributed by atoms with van der Waals surface area (Å²) >= 11 is 12.0. The maximum atomic E-state index is 12.8. The second kappa shape index (κ2) is 19.7. The number of hydrogen-bond acceptors (Lipinski definition) is 5. The highest BCUT2D eigenvalue weighted by Gasteiger charge is 2.06. The van der Waals surface area contributed by atoms with Gasteiger partial charge in [-0.1, -0.05) is 63.7 Å². The van der Waals surface area contributed by atoms with E-state index in [1.54, 1.807) is 0 Å². The van der Waals surface area contributed by atoms with Crippen LogP contribution in [0.15, 0.2) is 90.7 Å². The van der Waals surface area contributed by atoms with E-state index in [1.807, 2.05) is 0 Å². The minimum Gasteiger partial charge on any atom is -0.478 e. The summed E-state index contributed by atoms with van der Waals surface area (Å²) in [7, 11) is 0. The predicted molar refractivity (Wildman–Crippen MR) is 169 cm³/mol. The molecule has 4 aromatic carbocycles. The molecular weight excluding hydrogens is 838 g/mol. The number of aldehydes is 1. The van der Waals surface area contributed by atoms with Gasteiger partial charge in [0, 0.05) is 23.5 Å². The number of benzene rings is 4. The Morgan fingerprint density at radius 3 is 1.67 bits per heavy atom. The Morgan fingerprint density at radius 2 is 1.26 bits per heavy atom. The Bertz CT molecular complexity index is 1570. The van der Waals surface area contributed by atoms with Crippen LogP contribution in [-0.4, -0.2) is 34.2 Å². The fourth-order valence-corrected chi connectivity index (χ4v) is 4.60. The average molecular weight is 865 g/mol. The molecular formula is C29H23Br4F4NO5. The third-order valence-electron chi connectivity index (χ3n) is 4.49. The number of aromatic carboxylic acids is 1. The summed E-state index contributed by atoms with van der Waals surface area (Å²) in [6, 6.07) is 12.9. The van der Waals surface area contributed by atoms with Crippen molar-refractivity contribution in [3.05, 3.63) is 136 Å². The van der Waals surface area contributed by atoms with E-state index in [4.69, 9.17) is 26.5 Å². The van der Waals surface area contributed by atoms with Crippen molar-refractivity contribution in [3.8, 4) is 0 Å². The van der Waals surface area contributed by atoms with Gasteiger partial charge in [-0.05, 0) is 83.9 Å². The quantitative estimate of drug-likeness (QED) is 0.118. The highest BCUT2D eigenvalue weighted by atomic mass is 79.9. The summed E-state index contributed by atoms with van der Waals surface area (Å²) in [6.07, 6.45) is -0.884. The molecule has 0 aliphatic rings. The summed E-state index contributed by atoms with van der Waals surface area (Å²) in [5, 5.41) is 26.1. The summed E-state index contributed by atoms with van der Waals surface area (Å²) in [6.45, 7) is -3.05. The van der Waals surface area contributed by atoms with Crippen LogP contribution in [0.25, 0.3) is 0 Å². The topological polar surface area (TPSA) is 121 Å². The Kier molecular flexibility index (Phi) is 14.7. The van der Waals surface area contributed by atoms with Gasteiger partial charge in [0.25, 0.3) is 0 Å². The summed E-state index contributed by atoms with van der Waals surface area (Å²) in [5.74, 6) is -3.28. The molecule has 0 fully saturated rings. The molecule has 43 heavy (non-hydrogen) atoms. The van der Waals surface area contributed by atoms with Gasteiger partial charge >= 0.3 is 5.97 Å². The number of nitrogens with two attached hydrogens (primary N) is 1. The molecule has 0 saturated heterocycles. The van der Waals surface area contributed by atoms with Crippen LogP contribution in [0.4, 0.5) is 17.6 Å². The van der Waals surface area contributed by atoms with Crippen molar-refractivity contribution in [1.29, 1.82) is 0 Å². The fourth-order valence-electron chi connectivity index (χ4n) is 2.74. The number of carbonyl (C=O) groups is 2. The van der Waals surface area contributed by atoms with E-state index in [1.165, 1.54) is 48.5 Å². The SMILES string of the molecule is O=C(O)c1cc(F)cc(Br)c1.[2H]C(=O)c1cc(F)cc(Br)c1.[2H]C([2H])(O)c1cc(F)cc(Br)c1.[2H][C@@](N)(CO)c1cc(F)cc(Br)c1. The highest BCUT2D eigenvalue weighted by molar-refractivity contribution is 9.11. The molecule has 0 spiro atoms. The lowest BCUT2D eigenvalue weighted by atomic mass is 10.1. The van der Waals surface area contributed by atoms with Crippen LogP contribution in [0, 0.1) is 23.3 Å². The second-order valence-electron chi connectivity index (χ2n) is 7.83. The van der Waals surface area contributed by atoms with Crippen LogP contribution >= 0.6 is 63.7 Å². The lowest BCUT2D eigenvalue weighted by molar-refractivity contribution is 0.0696. The van der Waals surface area contributed by atoms with Crippen LogP contribution in [0.2, 0.25) is 0 Å². The number of carboxylic acids is 1. The molecule has 4 aromatic rings. The minimum absolute atomic E-state index is 0.0527. The molecule has 0 aliphatic heterocycles. The van der Waals surface area contributed by atoms with Gasteiger partial charge in [0.2, 0.25) is 0 Å². The van der Waals surface area contributed by atoms with E-state index in [9.17, 15) is 27.2 Å². The van der Waals surface area contributed by atoms with Crippen molar-refractivity contribution in [2.75, 3.05) is 6.61 Å². The van der Waals surface area contributed by atoms with Gasteiger partial charge in [0.15, 0.2) is 0 Å². The third kappa shape index (κ3) is 15.7. The molecule has 14 heteroatoms. The number of hydrogen-bond donors (Lipinski definition) is 4. The number of aliphatic hydroxyl groups excluding tert-OH is 1. The van der Waals surface area contributed by atoms with Crippen molar-refractivity contribution in [1.82, 2.24) is 0 Å². The molecule has 1 atom stereocenters. The van der Waals surface area contributed by atoms with Crippen molar-refractivity contribution in [2.24, 2.45) is 5.73 Å². The zero-order valence-corrected chi connectivity index (χ0v) is 27.7. The maximum Gasteiger partial charge on any atom is 0.335 e. The van der Waals surface area contributed by atoms with Gasteiger partial charge in [-0.15, -0.1) is 0 Å². The lowest BCUT2D eigenvalue weighted by Crippen LogP contribution is -2.14. The largest absolute Gasteiger partial charge is 0.478 e. The van der Waals surface area contributed by atoms with E-state index >= 15 is 0 Å². The van der Waals surface area contributed by atoms with Gasteiger partial charge < -0.3 is 21.1 Å². The van der Waals surface area contributed by atoms with Crippen LogP contribution in [0.3, 0.4) is 0 Å². The summed E-state index contributed by atoms with van der Waals surface area (Å²) in [4.78, 5) is 20.7. The van der Waals surface area contributed by atoms with Crippen molar-refractivity contribution >= 4 is 76.0 Å². The zero-order chi connectivity index (χ0) is 36.3. The van der Waals surface area contributed by atoms with Gasteiger partial charge in [0.1, 0.15) is 30.9 Å². The van der Waals surface area contributed by atoms with Crippen molar-refractivity contribution in [2.45, 2.75) is 12.6 Å². The molecule has 6 nitrogen and oxygen atoms in total. The molecule has 0 amide bonds. The van der Waals surface area contributed by atoms with Gasteiger partial charge in [-0.2, -0.15) is 0 Å². The molecule has 0 saturated carbocycles. The second-order valence-corrected chi connectivity index (χ2v) is 11.5. The first-order valence-electron chi connectivity index (χ1n) is 13.3. The van der Waals surface area contributed by atoms with Gasteiger partial charge in [-0.3, -0.25) is 4.79 Å². The van der Waals surface area contributed by atoms with Crippen molar-refractivity contribution < 1.29 is 48.0 Å². The monoisotopic (exact) mass is 861 g/mol. The van der Waals surface area contributed by atoms with E-state index in [0.717, 1.165) is 24.3 Å². The Morgan fingerprint density at radius 1 is 0.791 bits per heavy atom. The van der Waals surface area contributed by atoms with Crippen molar-refractivity contribution in [3.63, 3.8) is 0 Å². The van der Waals surface area contributed by atoms with Gasteiger partial charge in [-0.25, -0.2) is 22.4 Å². The maximum absolute atomic E-state index is 12.8. The first-order valence-corrected chi connectivity index (χ1v) is 14.4. The first-order chi connectivity index (χ1) is 21.5. The summed E-state index contributed by atoms with van der Waals surface area (Å²) in [5.41, 5.74) is 5.53. The first kappa shape index (κ1) is 31.9. The molecule has 230 valence electrons. The third-order valence-corrected chi connectivity index (χ3v) is 6.32. The number of carbonyl (C=O) groups excluding carboxylic acids is 1. The molecule has 0 radical (unpaired) electrons. The fraction of sp³-hybridized carbons (Fsp3) is 0.103. The minimum atomic E-state index is -2.50. The Balaban J connectivity index is 0.000000314. The zero-order valence-electron chi connectivity index (χ0n) is 25.4. The smallest absolute Gasteiger partial charge is 0.335 e. The van der Waals surface area contributed by atoms with E-state index in [2.05, 4.69) is 63.7 Å². The normalized spacial score (nSPS) is 13.0. The molecule has 0 aliphatic carbocycles. The van der Waals surface area contributed by atoms with E-state index in [-0.39, 0.29) is 22.3 Å². The molecule has 4 rings (SSSR count). The van der Waals surface area contributed by atoms with E-state index in [0.29, 0.717) is 17.9 Å². The standard InChI is InChI=1S/C8H9BrFNO.C7H4BrFO2.C7H6BrFO.C7H4BrFO/c9-6-1-5(8(11)4-12)2-7(10)3-6;8-5-1-4(7(10)11)2-6(9)3-5;2*8-6-1-5(4-10)2-7(9)3-6/h1-3,8,12H,4,11H2;1-3H,(H,10,11);1-3,10H,4H2;1-4H/t8-;;;/m1.../s1/i8D;;4D2;4D. The number of aliphatic hydroxyl groups is 2. The molecule has 0 bridgehead atoms. The Labute approximate surface area is 283 Å². The van der Waals surface area contributed by atoms with E-state index < -0.39 is 54.7 Å². The molecule has 5 N–H and O–H groups in total. The molecule has 0 aromatic heterocycles. The lowest BCUT2D eigenvalue weighted by Gasteiger charge is -2.08. The Hall–Kier alpha value is -2.46.